The summed E-state index contributed by atoms with van der Waals surface area (Å²) in [5.41, 5.74) is 1.88. The van der Waals surface area contributed by atoms with Crippen LogP contribution in [0.2, 0.25) is 5.02 Å². The molecule has 6 nitrogen and oxygen atoms in total. The number of carbonyl (C=O) groups is 1. The van der Waals surface area contributed by atoms with E-state index in [4.69, 9.17) is 16.3 Å². The number of ether oxygens (including phenoxy) is 1. The molecule has 2 atom stereocenters. The molecule has 2 heterocycles. The van der Waals surface area contributed by atoms with E-state index in [1.54, 1.807) is 12.1 Å². The minimum atomic E-state index is -1.48. The molecule has 196 valence electrons. The minimum absolute atomic E-state index is 0.0287. The lowest BCUT2D eigenvalue weighted by Crippen LogP contribution is -2.40. The van der Waals surface area contributed by atoms with Crippen LogP contribution < -0.4 is 9.46 Å². The smallest absolute Gasteiger partial charge is 0.255 e. The van der Waals surface area contributed by atoms with Crippen molar-refractivity contribution in [3.63, 3.8) is 0 Å². The Labute approximate surface area is 224 Å². The fourth-order valence-electron chi connectivity index (χ4n) is 4.36. The monoisotopic (exact) mass is 543 g/mol. The van der Waals surface area contributed by atoms with Gasteiger partial charge in [-0.1, -0.05) is 36.7 Å². The highest BCUT2D eigenvalue weighted by molar-refractivity contribution is 7.83. The van der Waals surface area contributed by atoms with E-state index in [0.717, 1.165) is 6.42 Å². The Morgan fingerprint density at radius 2 is 1.97 bits per heavy atom. The molecule has 0 spiro atoms. The number of aromatic nitrogens is 1. The van der Waals surface area contributed by atoms with Gasteiger partial charge in [-0.3, -0.25) is 4.79 Å². The summed E-state index contributed by atoms with van der Waals surface area (Å²) in [6.45, 7) is 8.16. The Bertz CT molecular complexity index is 1300. The molecular formula is C28H31ClFN3O3S. The average Bonchev–Trinajstić information content (AvgIpc) is 2.87. The molecule has 1 amide bonds. The third-order valence-corrected chi connectivity index (χ3v) is 8.00. The molecule has 37 heavy (non-hydrogen) atoms. The van der Waals surface area contributed by atoms with Gasteiger partial charge in [0.1, 0.15) is 22.4 Å². The zero-order valence-corrected chi connectivity index (χ0v) is 23.0. The Morgan fingerprint density at radius 1 is 1.24 bits per heavy atom. The molecule has 0 saturated heterocycles. The van der Waals surface area contributed by atoms with E-state index in [-0.39, 0.29) is 29.1 Å². The second kappa shape index (κ2) is 11.3. The third kappa shape index (κ3) is 6.20. The molecule has 2 aromatic carbocycles. The summed E-state index contributed by atoms with van der Waals surface area (Å²) in [4.78, 5) is 20.0. The highest BCUT2D eigenvalue weighted by Crippen LogP contribution is 2.39. The lowest BCUT2D eigenvalue weighted by Gasteiger charge is -2.37. The standard InChI is InChI=1S/C28H31ClFN3O3S/c1-5-18-10-12-20(13-11-18)37(35)32-25-15-28(3,4)36-26-21(25)14-19(16-31-26)27(34)33(6-2)17-22-23(29)8-7-9-24(22)30/h7-14,16,25,32H,5-6,15,17H2,1-4H3/t25-,37?/m0/s1. The SMILES string of the molecule is CCc1ccc(S(=O)N[C@H]2CC(C)(C)Oc3ncc(C(=O)N(CC)Cc4c(F)cccc4Cl)cc32)cc1. The van der Waals surface area contributed by atoms with Crippen LogP contribution in [0, 0.1) is 5.82 Å². The summed E-state index contributed by atoms with van der Waals surface area (Å²) < 4.78 is 36.8. The summed E-state index contributed by atoms with van der Waals surface area (Å²) >= 11 is 6.19. The van der Waals surface area contributed by atoms with Crippen molar-refractivity contribution in [2.24, 2.45) is 0 Å². The molecule has 0 aliphatic carbocycles. The normalized spacial score (nSPS) is 17.0. The number of carbonyl (C=O) groups excluding carboxylic acids is 1. The van der Waals surface area contributed by atoms with Crippen LogP contribution in [0.25, 0.3) is 0 Å². The summed E-state index contributed by atoms with van der Waals surface area (Å²) in [5, 5.41) is 0.268. The second-order valence-electron chi connectivity index (χ2n) is 9.64. The number of hydrogen-bond donors (Lipinski definition) is 1. The van der Waals surface area contributed by atoms with Crippen molar-refractivity contribution in [3.8, 4) is 5.88 Å². The molecular weight excluding hydrogens is 513 g/mol. The lowest BCUT2D eigenvalue weighted by atomic mass is 9.91. The predicted octanol–water partition coefficient (Wildman–Crippen LogP) is 6.01. The van der Waals surface area contributed by atoms with Gasteiger partial charge in [0.05, 0.1) is 23.0 Å². The zero-order chi connectivity index (χ0) is 26.7. The van der Waals surface area contributed by atoms with E-state index in [1.807, 2.05) is 45.0 Å². The van der Waals surface area contributed by atoms with Gasteiger partial charge in [-0.2, -0.15) is 0 Å². The quantitative estimate of drug-likeness (QED) is 0.377. The minimum Gasteiger partial charge on any atom is -0.471 e. The van der Waals surface area contributed by atoms with Crippen molar-refractivity contribution < 1.29 is 18.1 Å². The van der Waals surface area contributed by atoms with Crippen LogP contribution in [0.1, 0.15) is 67.2 Å². The Hall–Kier alpha value is -2.81. The second-order valence-corrected chi connectivity index (χ2v) is 11.3. The highest BCUT2D eigenvalue weighted by atomic mass is 35.5. The van der Waals surface area contributed by atoms with E-state index in [2.05, 4.69) is 16.6 Å². The first kappa shape index (κ1) is 27.2. The van der Waals surface area contributed by atoms with Crippen LogP contribution in [-0.4, -0.2) is 32.1 Å². The van der Waals surface area contributed by atoms with Gasteiger partial charge in [-0.25, -0.2) is 18.3 Å². The van der Waals surface area contributed by atoms with Gasteiger partial charge in [0, 0.05) is 35.3 Å². The maximum Gasteiger partial charge on any atom is 0.255 e. The molecule has 4 rings (SSSR count). The number of aryl methyl sites for hydroxylation is 1. The van der Waals surface area contributed by atoms with Gasteiger partial charge >= 0.3 is 0 Å². The average molecular weight is 544 g/mol. The largest absolute Gasteiger partial charge is 0.471 e. The summed E-state index contributed by atoms with van der Waals surface area (Å²) in [6, 6.07) is 13.5. The van der Waals surface area contributed by atoms with Crippen molar-refractivity contribution in [2.45, 2.75) is 63.6 Å². The summed E-state index contributed by atoms with van der Waals surface area (Å²) in [7, 11) is -1.48. The van der Waals surface area contributed by atoms with Crippen molar-refractivity contribution in [1.29, 1.82) is 0 Å². The summed E-state index contributed by atoms with van der Waals surface area (Å²) in [6.07, 6.45) is 2.90. The van der Waals surface area contributed by atoms with Gasteiger partial charge < -0.3 is 9.64 Å². The maximum atomic E-state index is 14.4. The topological polar surface area (TPSA) is 71.5 Å². The van der Waals surface area contributed by atoms with Crippen LogP contribution >= 0.6 is 11.6 Å². The molecule has 1 unspecified atom stereocenters. The van der Waals surface area contributed by atoms with Crippen LogP contribution in [0.4, 0.5) is 4.39 Å². The zero-order valence-electron chi connectivity index (χ0n) is 21.4. The molecule has 0 fully saturated rings. The van der Waals surface area contributed by atoms with Crippen molar-refractivity contribution in [1.82, 2.24) is 14.6 Å². The third-order valence-electron chi connectivity index (χ3n) is 6.44. The molecule has 9 heteroatoms. The van der Waals surface area contributed by atoms with Crippen LogP contribution in [-0.2, 0) is 24.0 Å². The van der Waals surface area contributed by atoms with Crippen LogP contribution in [0.5, 0.6) is 5.88 Å². The number of pyridine rings is 1. The summed E-state index contributed by atoms with van der Waals surface area (Å²) in [5.74, 6) is -0.377. The Morgan fingerprint density at radius 3 is 2.62 bits per heavy atom. The Balaban J connectivity index is 1.61. The first-order valence-electron chi connectivity index (χ1n) is 12.3. The van der Waals surface area contributed by atoms with E-state index in [1.165, 1.54) is 28.8 Å². The van der Waals surface area contributed by atoms with Gasteiger partial charge in [0.25, 0.3) is 5.91 Å². The molecule has 0 saturated carbocycles. The molecule has 1 aromatic heterocycles. The number of hydrogen-bond acceptors (Lipinski definition) is 4. The van der Waals surface area contributed by atoms with Gasteiger partial charge in [0.15, 0.2) is 0 Å². The first-order valence-corrected chi connectivity index (χ1v) is 13.8. The number of halogens is 2. The van der Waals surface area contributed by atoms with E-state index >= 15 is 0 Å². The molecule has 0 radical (unpaired) electrons. The van der Waals surface area contributed by atoms with Crippen LogP contribution in [0.15, 0.2) is 59.6 Å². The molecule has 0 bridgehead atoms. The number of amides is 1. The number of fused-ring (bicyclic) bond motifs is 1. The number of rotatable bonds is 8. The fraction of sp³-hybridized carbons (Fsp3) is 0.357. The molecule has 1 aliphatic heterocycles. The van der Waals surface area contributed by atoms with Gasteiger partial charge in [0.2, 0.25) is 5.88 Å². The van der Waals surface area contributed by atoms with Crippen molar-refractivity contribution in [2.75, 3.05) is 6.54 Å². The molecule has 1 N–H and O–H groups in total. The highest BCUT2D eigenvalue weighted by Gasteiger charge is 2.36. The van der Waals surface area contributed by atoms with E-state index in [9.17, 15) is 13.4 Å². The van der Waals surface area contributed by atoms with E-state index < -0.39 is 22.4 Å². The van der Waals surface area contributed by atoms with E-state index in [0.29, 0.717) is 34.9 Å². The lowest BCUT2D eigenvalue weighted by molar-refractivity contribution is 0.0639. The van der Waals surface area contributed by atoms with Gasteiger partial charge in [-0.15, -0.1) is 0 Å². The maximum absolute atomic E-state index is 14.4. The molecule has 1 aliphatic rings. The number of nitrogens with zero attached hydrogens (tertiary/aromatic N) is 2. The number of benzene rings is 2. The van der Waals surface area contributed by atoms with Crippen molar-refractivity contribution in [3.05, 3.63) is 87.8 Å². The van der Waals surface area contributed by atoms with Crippen molar-refractivity contribution >= 4 is 28.5 Å². The fourth-order valence-corrected chi connectivity index (χ4v) is 5.57. The molecule has 3 aromatic rings. The van der Waals surface area contributed by atoms with Gasteiger partial charge in [-0.05, 0) is 63.1 Å². The Kier molecular flexibility index (Phi) is 8.31. The number of nitrogens with one attached hydrogen (secondary N) is 1. The first-order chi connectivity index (χ1) is 17.6. The van der Waals surface area contributed by atoms with Crippen LogP contribution in [0.3, 0.4) is 0 Å². The predicted molar refractivity (Wildman–Crippen MR) is 143 cm³/mol.